The van der Waals surface area contributed by atoms with Crippen molar-refractivity contribution in [1.29, 1.82) is 0 Å². The van der Waals surface area contributed by atoms with Crippen LogP contribution in [0.5, 0.6) is 5.75 Å². The topological polar surface area (TPSA) is 128 Å². The summed E-state index contributed by atoms with van der Waals surface area (Å²) >= 11 is 0. The third-order valence-electron chi connectivity index (χ3n) is 4.78. The first kappa shape index (κ1) is 19.4. The highest BCUT2D eigenvalue weighted by atomic mass is 16.4. The molecule has 0 saturated heterocycles. The number of amides is 1. The molecule has 2 aromatic carbocycles. The predicted molar refractivity (Wildman–Crippen MR) is 106 cm³/mol. The normalized spacial score (nSPS) is 13.2. The van der Waals surface area contributed by atoms with Gasteiger partial charge in [-0.3, -0.25) is 4.79 Å². The maximum atomic E-state index is 12.4. The van der Waals surface area contributed by atoms with E-state index in [1.807, 2.05) is 25.1 Å². The molecule has 0 unspecified atom stereocenters. The molecule has 3 rings (SSSR count). The molecular formula is C21H23N3O4. The van der Waals surface area contributed by atoms with Crippen LogP contribution < -0.4 is 11.1 Å². The predicted octanol–water partition coefficient (Wildman–Crippen LogP) is 1.86. The largest absolute Gasteiger partial charge is 0.508 e. The summed E-state index contributed by atoms with van der Waals surface area (Å²) in [6, 6.07) is 10.2. The Morgan fingerprint density at radius 3 is 2.54 bits per heavy atom. The maximum Gasteiger partial charge on any atom is 0.326 e. The number of H-pyrrole nitrogens is 1. The second-order valence-corrected chi connectivity index (χ2v) is 6.89. The Balaban J connectivity index is 1.69. The van der Waals surface area contributed by atoms with Crippen molar-refractivity contribution in [2.75, 3.05) is 0 Å². The van der Waals surface area contributed by atoms with E-state index in [0.717, 1.165) is 27.6 Å². The summed E-state index contributed by atoms with van der Waals surface area (Å²) < 4.78 is 0. The van der Waals surface area contributed by atoms with Crippen LogP contribution in [0.25, 0.3) is 10.9 Å². The number of nitrogens with two attached hydrogens (primary N) is 1. The lowest BCUT2D eigenvalue weighted by Crippen LogP contribution is -2.50. The van der Waals surface area contributed by atoms with E-state index in [2.05, 4.69) is 10.3 Å². The van der Waals surface area contributed by atoms with Gasteiger partial charge in [-0.15, -0.1) is 0 Å². The Bertz CT molecular complexity index is 995. The Morgan fingerprint density at radius 2 is 1.86 bits per heavy atom. The lowest BCUT2D eigenvalue weighted by molar-refractivity contribution is -0.141. The minimum Gasteiger partial charge on any atom is -0.508 e. The van der Waals surface area contributed by atoms with Crippen LogP contribution in [0.3, 0.4) is 0 Å². The number of para-hydroxylation sites is 1. The second kappa shape index (κ2) is 8.14. The van der Waals surface area contributed by atoms with Gasteiger partial charge in [0.05, 0.1) is 6.04 Å². The molecule has 1 heterocycles. The number of aromatic hydroxyl groups is 1. The summed E-state index contributed by atoms with van der Waals surface area (Å²) in [4.78, 5) is 27.3. The molecule has 1 amide bonds. The Kier molecular flexibility index (Phi) is 5.65. The van der Waals surface area contributed by atoms with E-state index < -0.39 is 24.0 Å². The smallest absolute Gasteiger partial charge is 0.326 e. The van der Waals surface area contributed by atoms with Crippen molar-refractivity contribution in [3.63, 3.8) is 0 Å². The Hall–Kier alpha value is -3.32. The summed E-state index contributed by atoms with van der Waals surface area (Å²) in [5, 5.41) is 22.4. The number of carbonyl (C=O) groups is 2. The number of carbonyl (C=O) groups excluding carboxylic acids is 1. The molecule has 0 radical (unpaired) electrons. The van der Waals surface area contributed by atoms with Crippen LogP contribution in [-0.4, -0.2) is 39.2 Å². The number of aromatic nitrogens is 1. The zero-order valence-corrected chi connectivity index (χ0v) is 15.5. The van der Waals surface area contributed by atoms with E-state index in [9.17, 15) is 19.8 Å². The van der Waals surface area contributed by atoms with Crippen molar-refractivity contribution in [2.45, 2.75) is 31.8 Å². The fourth-order valence-electron chi connectivity index (χ4n) is 3.21. The van der Waals surface area contributed by atoms with Gasteiger partial charge in [0.2, 0.25) is 5.91 Å². The standard InChI is InChI=1S/C21H23N3O4/c1-12-3-2-4-16-14(11-23-19(12)16)10-18(21(27)28)24-20(26)17(22)9-13-5-7-15(25)8-6-13/h2-8,11,17-18,23,25H,9-10,22H2,1H3,(H,24,26)(H,27,28)/t17-,18+/m1/s1. The first-order valence-electron chi connectivity index (χ1n) is 8.97. The van der Waals surface area contributed by atoms with Crippen molar-refractivity contribution in [1.82, 2.24) is 10.3 Å². The molecule has 3 aromatic rings. The summed E-state index contributed by atoms with van der Waals surface area (Å²) in [5.41, 5.74) is 9.56. The molecule has 146 valence electrons. The fourth-order valence-corrected chi connectivity index (χ4v) is 3.21. The van der Waals surface area contributed by atoms with E-state index in [4.69, 9.17) is 5.73 Å². The summed E-state index contributed by atoms with van der Waals surface area (Å²) in [5.74, 6) is -1.52. The van der Waals surface area contributed by atoms with Gasteiger partial charge in [0, 0.05) is 23.5 Å². The maximum absolute atomic E-state index is 12.4. The first-order valence-corrected chi connectivity index (χ1v) is 8.97. The molecule has 7 heteroatoms. The van der Waals surface area contributed by atoms with E-state index in [0.29, 0.717) is 0 Å². The summed E-state index contributed by atoms with van der Waals surface area (Å²) in [6.45, 7) is 1.97. The number of nitrogens with one attached hydrogen (secondary N) is 2. The molecule has 7 nitrogen and oxygen atoms in total. The molecule has 0 bridgehead atoms. The lowest BCUT2D eigenvalue weighted by Gasteiger charge is -2.18. The van der Waals surface area contributed by atoms with Crippen molar-refractivity contribution in [2.24, 2.45) is 5.73 Å². The number of phenolic OH excluding ortho intramolecular Hbond substituents is 1. The van der Waals surface area contributed by atoms with Crippen LogP contribution in [0.15, 0.2) is 48.7 Å². The minimum atomic E-state index is -1.12. The zero-order chi connectivity index (χ0) is 20.3. The quantitative estimate of drug-likeness (QED) is 0.427. The average Bonchev–Trinajstić information content (AvgIpc) is 3.07. The molecule has 2 atom stereocenters. The highest BCUT2D eigenvalue weighted by Gasteiger charge is 2.25. The number of carboxylic acid groups (broad SMARTS) is 1. The molecule has 6 N–H and O–H groups in total. The van der Waals surface area contributed by atoms with Gasteiger partial charge >= 0.3 is 5.97 Å². The van der Waals surface area contributed by atoms with Gasteiger partial charge in [0.15, 0.2) is 0 Å². The van der Waals surface area contributed by atoms with Crippen LogP contribution in [0, 0.1) is 6.92 Å². The van der Waals surface area contributed by atoms with Crippen LogP contribution in [0.4, 0.5) is 0 Å². The second-order valence-electron chi connectivity index (χ2n) is 6.89. The van der Waals surface area contributed by atoms with Gasteiger partial charge in [-0.25, -0.2) is 4.79 Å². The van der Waals surface area contributed by atoms with E-state index in [-0.39, 0.29) is 18.6 Å². The molecule has 0 fully saturated rings. The van der Waals surface area contributed by atoms with Crippen LogP contribution in [-0.2, 0) is 22.4 Å². The number of fused-ring (bicyclic) bond motifs is 1. The van der Waals surface area contributed by atoms with Crippen LogP contribution >= 0.6 is 0 Å². The monoisotopic (exact) mass is 381 g/mol. The van der Waals surface area contributed by atoms with E-state index >= 15 is 0 Å². The van der Waals surface area contributed by atoms with Gasteiger partial charge in [-0.05, 0) is 42.2 Å². The highest BCUT2D eigenvalue weighted by molar-refractivity contribution is 5.89. The van der Waals surface area contributed by atoms with Gasteiger partial charge in [0.1, 0.15) is 11.8 Å². The van der Waals surface area contributed by atoms with Crippen molar-refractivity contribution >= 4 is 22.8 Å². The number of hydrogen-bond donors (Lipinski definition) is 5. The zero-order valence-electron chi connectivity index (χ0n) is 15.5. The van der Waals surface area contributed by atoms with Crippen molar-refractivity contribution in [3.05, 3.63) is 65.4 Å². The van der Waals surface area contributed by atoms with Crippen LogP contribution in [0.1, 0.15) is 16.7 Å². The molecular weight excluding hydrogens is 358 g/mol. The van der Waals surface area contributed by atoms with Gasteiger partial charge < -0.3 is 26.2 Å². The summed E-state index contributed by atoms with van der Waals surface area (Å²) in [7, 11) is 0. The van der Waals surface area contributed by atoms with E-state index in [1.54, 1.807) is 18.3 Å². The van der Waals surface area contributed by atoms with Crippen molar-refractivity contribution < 1.29 is 19.8 Å². The van der Waals surface area contributed by atoms with Crippen LogP contribution in [0.2, 0.25) is 0 Å². The molecule has 0 spiro atoms. The van der Waals surface area contributed by atoms with Crippen molar-refractivity contribution in [3.8, 4) is 5.75 Å². The number of phenols is 1. The third kappa shape index (κ3) is 4.32. The number of aryl methyl sites for hydroxylation is 1. The van der Waals surface area contributed by atoms with Gasteiger partial charge in [-0.1, -0.05) is 30.3 Å². The number of rotatable bonds is 7. The number of aromatic amines is 1. The molecule has 1 aromatic heterocycles. The van der Waals surface area contributed by atoms with E-state index in [1.165, 1.54) is 12.1 Å². The third-order valence-corrected chi connectivity index (χ3v) is 4.78. The average molecular weight is 381 g/mol. The Labute approximate surface area is 162 Å². The SMILES string of the molecule is Cc1cccc2c(C[C@H](NC(=O)[C@H](N)Cc3ccc(O)cc3)C(=O)O)c[nH]c12. The molecule has 0 aliphatic rings. The number of aliphatic carboxylic acids is 1. The molecule has 0 saturated carbocycles. The Morgan fingerprint density at radius 1 is 1.14 bits per heavy atom. The molecule has 0 aliphatic heterocycles. The first-order chi connectivity index (χ1) is 13.3. The molecule has 28 heavy (non-hydrogen) atoms. The number of benzene rings is 2. The number of hydrogen-bond acceptors (Lipinski definition) is 4. The van der Waals surface area contributed by atoms with Gasteiger partial charge in [-0.2, -0.15) is 0 Å². The number of carboxylic acids is 1. The minimum absolute atomic E-state index is 0.127. The molecule has 0 aliphatic carbocycles. The van der Waals surface area contributed by atoms with Gasteiger partial charge in [0.25, 0.3) is 0 Å². The fraction of sp³-hybridized carbons (Fsp3) is 0.238. The summed E-state index contributed by atoms with van der Waals surface area (Å²) in [6.07, 6.45) is 2.16. The highest BCUT2D eigenvalue weighted by Crippen LogP contribution is 2.22. The lowest BCUT2D eigenvalue weighted by atomic mass is 10.0.